The number of nitrogens with zero attached hydrogens (tertiary/aromatic N) is 3. The van der Waals surface area contributed by atoms with E-state index in [1.165, 1.54) is 0 Å². The molecule has 128 valence electrons. The van der Waals surface area contributed by atoms with Gasteiger partial charge in [-0.15, -0.1) is 0 Å². The van der Waals surface area contributed by atoms with Gasteiger partial charge in [0.05, 0.1) is 35.2 Å². The van der Waals surface area contributed by atoms with Crippen molar-refractivity contribution in [3.63, 3.8) is 0 Å². The van der Waals surface area contributed by atoms with Gasteiger partial charge in [0, 0.05) is 15.9 Å². The number of benzene rings is 2. The SMILES string of the molecule is COc1cc(Nc2nc3c(ccc4[nH]cnc43)cc2C#N)c(Br)cc1Cl. The maximum absolute atomic E-state index is 9.53. The van der Waals surface area contributed by atoms with Crippen molar-refractivity contribution in [1.29, 1.82) is 5.26 Å². The number of fused-ring (bicyclic) bond motifs is 3. The molecule has 4 aromatic rings. The molecule has 0 saturated heterocycles. The second kappa shape index (κ2) is 6.48. The lowest BCUT2D eigenvalue weighted by Crippen LogP contribution is -1.99. The Kier molecular flexibility index (Phi) is 4.15. The van der Waals surface area contributed by atoms with Crippen LogP contribution in [0.4, 0.5) is 11.5 Å². The minimum atomic E-state index is 0.424. The van der Waals surface area contributed by atoms with E-state index >= 15 is 0 Å². The van der Waals surface area contributed by atoms with Gasteiger partial charge in [0.1, 0.15) is 28.7 Å². The molecule has 0 bridgehead atoms. The molecule has 0 radical (unpaired) electrons. The highest BCUT2D eigenvalue weighted by Gasteiger charge is 2.14. The van der Waals surface area contributed by atoms with Crippen molar-refractivity contribution < 1.29 is 4.74 Å². The standard InChI is InChI=1S/C18H11BrClN5O/c1-26-15-6-14(11(19)5-12(15)20)24-18-10(7-21)4-9-2-3-13-17(16(9)25-18)23-8-22-13/h2-6,8H,1H3,(H,22,23)(H,24,25). The molecule has 2 aromatic heterocycles. The Morgan fingerprint density at radius 1 is 1.27 bits per heavy atom. The summed E-state index contributed by atoms with van der Waals surface area (Å²) in [5.41, 5.74) is 3.46. The van der Waals surface area contributed by atoms with Gasteiger partial charge in [-0.2, -0.15) is 5.26 Å². The van der Waals surface area contributed by atoms with Crippen molar-refractivity contribution >= 4 is 61.0 Å². The number of hydrogen-bond acceptors (Lipinski definition) is 5. The highest BCUT2D eigenvalue weighted by molar-refractivity contribution is 9.10. The van der Waals surface area contributed by atoms with Crippen molar-refractivity contribution in [2.24, 2.45) is 0 Å². The minimum absolute atomic E-state index is 0.424. The summed E-state index contributed by atoms with van der Waals surface area (Å²) in [7, 11) is 1.54. The van der Waals surface area contributed by atoms with Crippen LogP contribution in [0.2, 0.25) is 5.02 Å². The van der Waals surface area contributed by atoms with Gasteiger partial charge in [-0.05, 0) is 34.1 Å². The molecule has 4 rings (SSSR count). The number of ether oxygens (including phenoxy) is 1. The average molecular weight is 429 g/mol. The molecule has 26 heavy (non-hydrogen) atoms. The van der Waals surface area contributed by atoms with E-state index < -0.39 is 0 Å². The molecule has 2 aromatic carbocycles. The van der Waals surface area contributed by atoms with Crippen LogP contribution in [-0.4, -0.2) is 22.1 Å². The smallest absolute Gasteiger partial charge is 0.149 e. The van der Waals surface area contributed by atoms with E-state index in [1.807, 2.05) is 12.1 Å². The van der Waals surface area contributed by atoms with Crippen molar-refractivity contribution in [1.82, 2.24) is 15.0 Å². The van der Waals surface area contributed by atoms with E-state index in [0.29, 0.717) is 33.4 Å². The highest BCUT2D eigenvalue weighted by atomic mass is 79.9. The first kappa shape index (κ1) is 16.6. The van der Waals surface area contributed by atoms with Crippen LogP contribution in [0.1, 0.15) is 5.56 Å². The molecular formula is C18H11BrClN5O. The van der Waals surface area contributed by atoms with E-state index in [9.17, 15) is 5.26 Å². The van der Waals surface area contributed by atoms with Crippen LogP contribution in [0, 0.1) is 11.3 Å². The summed E-state index contributed by atoms with van der Waals surface area (Å²) >= 11 is 9.60. The lowest BCUT2D eigenvalue weighted by atomic mass is 10.1. The minimum Gasteiger partial charge on any atom is -0.495 e. The van der Waals surface area contributed by atoms with Crippen molar-refractivity contribution in [2.45, 2.75) is 0 Å². The van der Waals surface area contributed by atoms with E-state index in [2.05, 4.69) is 42.3 Å². The quantitative estimate of drug-likeness (QED) is 0.471. The number of imidazole rings is 1. The van der Waals surface area contributed by atoms with Gasteiger partial charge >= 0.3 is 0 Å². The van der Waals surface area contributed by atoms with Crippen LogP contribution in [-0.2, 0) is 0 Å². The van der Waals surface area contributed by atoms with Gasteiger partial charge in [-0.3, -0.25) is 0 Å². The molecule has 0 amide bonds. The first-order valence-corrected chi connectivity index (χ1v) is 8.75. The number of hydrogen-bond donors (Lipinski definition) is 2. The molecule has 0 spiro atoms. The zero-order chi connectivity index (χ0) is 18.3. The zero-order valence-corrected chi connectivity index (χ0v) is 15.8. The predicted molar refractivity (Wildman–Crippen MR) is 105 cm³/mol. The number of pyridine rings is 1. The first-order valence-electron chi connectivity index (χ1n) is 7.57. The number of H-pyrrole nitrogens is 1. The van der Waals surface area contributed by atoms with E-state index in [1.54, 1.807) is 31.6 Å². The monoisotopic (exact) mass is 427 g/mol. The van der Waals surface area contributed by atoms with E-state index in [-0.39, 0.29) is 0 Å². The Morgan fingerprint density at radius 2 is 2.12 bits per heavy atom. The summed E-state index contributed by atoms with van der Waals surface area (Å²) in [6.45, 7) is 0. The van der Waals surface area contributed by atoms with E-state index in [0.717, 1.165) is 20.9 Å². The van der Waals surface area contributed by atoms with Crippen LogP contribution in [0.25, 0.3) is 21.9 Å². The second-order valence-corrected chi connectivity index (χ2v) is 6.79. The molecule has 8 heteroatoms. The molecule has 0 fully saturated rings. The van der Waals surface area contributed by atoms with Crippen molar-refractivity contribution in [2.75, 3.05) is 12.4 Å². The molecule has 0 aliphatic rings. The summed E-state index contributed by atoms with van der Waals surface area (Å²) in [6, 6.07) is 11.3. The molecule has 0 unspecified atom stereocenters. The number of aromatic nitrogens is 3. The number of anilines is 2. The van der Waals surface area contributed by atoms with Crippen LogP contribution in [0.15, 0.2) is 41.1 Å². The third-order valence-electron chi connectivity index (χ3n) is 3.99. The Balaban J connectivity index is 1.89. The average Bonchev–Trinajstić information content (AvgIpc) is 3.12. The third kappa shape index (κ3) is 2.73. The van der Waals surface area contributed by atoms with Gasteiger partial charge in [0.15, 0.2) is 0 Å². The topological polar surface area (TPSA) is 86.6 Å². The largest absolute Gasteiger partial charge is 0.495 e. The number of nitriles is 1. The molecular weight excluding hydrogens is 418 g/mol. The maximum atomic E-state index is 9.53. The van der Waals surface area contributed by atoms with Crippen LogP contribution < -0.4 is 10.1 Å². The third-order valence-corrected chi connectivity index (χ3v) is 4.94. The van der Waals surface area contributed by atoms with Crippen LogP contribution in [0.3, 0.4) is 0 Å². The van der Waals surface area contributed by atoms with Crippen molar-refractivity contribution in [3.05, 3.63) is 51.7 Å². The summed E-state index contributed by atoms with van der Waals surface area (Å²) < 4.78 is 5.99. The van der Waals surface area contributed by atoms with Crippen LogP contribution >= 0.6 is 27.5 Å². The Hall–Kier alpha value is -2.82. The van der Waals surface area contributed by atoms with Gasteiger partial charge in [0.25, 0.3) is 0 Å². The normalized spacial score (nSPS) is 10.8. The van der Waals surface area contributed by atoms with Gasteiger partial charge in [-0.1, -0.05) is 17.7 Å². The molecule has 0 atom stereocenters. The summed E-state index contributed by atoms with van der Waals surface area (Å²) in [5, 5.41) is 14.0. The maximum Gasteiger partial charge on any atom is 0.149 e. The lowest BCUT2D eigenvalue weighted by Gasteiger charge is -2.13. The first-order chi connectivity index (χ1) is 12.6. The van der Waals surface area contributed by atoms with E-state index in [4.69, 9.17) is 16.3 Å². The van der Waals surface area contributed by atoms with Gasteiger partial charge < -0.3 is 15.0 Å². The fourth-order valence-corrected chi connectivity index (χ4v) is 3.54. The number of aromatic amines is 1. The summed E-state index contributed by atoms with van der Waals surface area (Å²) in [5.74, 6) is 0.951. The number of methoxy groups -OCH3 is 1. The molecule has 2 heterocycles. The number of rotatable bonds is 3. The van der Waals surface area contributed by atoms with Gasteiger partial charge in [-0.25, -0.2) is 9.97 Å². The molecule has 0 aliphatic carbocycles. The molecule has 2 N–H and O–H groups in total. The predicted octanol–water partition coefficient (Wildman–Crippen LogP) is 5.15. The van der Waals surface area contributed by atoms with Crippen LogP contribution in [0.5, 0.6) is 5.75 Å². The lowest BCUT2D eigenvalue weighted by molar-refractivity contribution is 0.415. The number of nitrogens with one attached hydrogen (secondary N) is 2. The summed E-state index contributed by atoms with van der Waals surface area (Å²) in [6.07, 6.45) is 1.62. The molecule has 0 saturated carbocycles. The fraction of sp³-hybridized carbons (Fsp3) is 0.0556. The highest BCUT2D eigenvalue weighted by Crippen LogP contribution is 2.36. The summed E-state index contributed by atoms with van der Waals surface area (Å²) in [4.78, 5) is 12.0. The van der Waals surface area contributed by atoms with Crippen molar-refractivity contribution in [3.8, 4) is 11.8 Å². The Labute approximate surface area is 161 Å². The molecule has 6 nitrogen and oxygen atoms in total. The van der Waals surface area contributed by atoms with Gasteiger partial charge in [0.2, 0.25) is 0 Å². The molecule has 0 aliphatic heterocycles. The zero-order valence-electron chi connectivity index (χ0n) is 13.5. The Bertz CT molecular complexity index is 1200. The number of halogens is 2. The fourth-order valence-electron chi connectivity index (χ4n) is 2.73. The second-order valence-electron chi connectivity index (χ2n) is 5.52. The Morgan fingerprint density at radius 3 is 2.88 bits per heavy atom.